The number of sulfone groups is 1. The Bertz CT molecular complexity index is 977. The highest BCUT2D eigenvalue weighted by atomic mass is 35.5. The molecule has 2 rings (SSSR count). The summed E-state index contributed by atoms with van der Waals surface area (Å²) in [7, 11) is -5.59. The van der Waals surface area contributed by atoms with Crippen LogP contribution in [0, 0.1) is 0 Å². The van der Waals surface area contributed by atoms with E-state index >= 15 is 0 Å². The first-order valence-corrected chi connectivity index (χ1v) is 9.69. The van der Waals surface area contributed by atoms with E-state index in [9.17, 15) is 26.4 Å². The van der Waals surface area contributed by atoms with Gasteiger partial charge in [0.25, 0.3) is 15.7 Å². The Balaban J connectivity index is 2.30. The number of pyridine rings is 1. The van der Waals surface area contributed by atoms with Crippen molar-refractivity contribution in [3.05, 3.63) is 56.8 Å². The number of aromatic nitrogens is 1. The minimum absolute atomic E-state index is 0.0000696. The third-order valence-corrected chi connectivity index (χ3v) is 5.79. The Labute approximate surface area is 167 Å². The van der Waals surface area contributed by atoms with E-state index in [1.165, 1.54) is 19.1 Å². The van der Waals surface area contributed by atoms with Gasteiger partial charge in [-0.1, -0.05) is 40.9 Å². The minimum atomic E-state index is -5.59. The zero-order valence-electron chi connectivity index (χ0n) is 13.3. The van der Waals surface area contributed by atoms with Gasteiger partial charge < -0.3 is 5.32 Å². The van der Waals surface area contributed by atoms with Gasteiger partial charge in [0.2, 0.25) is 0 Å². The lowest BCUT2D eigenvalue weighted by Crippen LogP contribution is -2.28. The van der Waals surface area contributed by atoms with Crippen molar-refractivity contribution < 1.29 is 26.4 Å². The first-order chi connectivity index (χ1) is 12.4. The maximum atomic E-state index is 12.6. The van der Waals surface area contributed by atoms with Gasteiger partial charge in [-0.3, -0.25) is 9.78 Å². The first-order valence-electron chi connectivity index (χ1n) is 7.08. The van der Waals surface area contributed by atoms with E-state index in [4.69, 9.17) is 34.8 Å². The Morgan fingerprint density at radius 1 is 1.15 bits per heavy atom. The van der Waals surface area contributed by atoms with Crippen LogP contribution in [-0.2, 0) is 9.84 Å². The Hall–Kier alpha value is -1.55. The molecule has 0 aliphatic rings. The molecule has 0 fully saturated rings. The van der Waals surface area contributed by atoms with Crippen molar-refractivity contribution in [1.82, 2.24) is 10.3 Å². The lowest BCUT2D eigenvalue weighted by Gasteiger charge is -2.17. The third-order valence-electron chi connectivity index (χ3n) is 3.41. The van der Waals surface area contributed by atoms with E-state index in [1.807, 2.05) is 0 Å². The van der Waals surface area contributed by atoms with Gasteiger partial charge in [-0.05, 0) is 25.1 Å². The smallest absolute Gasteiger partial charge is 0.344 e. The molecule has 1 atom stereocenters. The van der Waals surface area contributed by atoms with Crippen LogP contribution in [0.4, 0.5) is 13.2 Å². The molecule has 0 radical (unpaired) electrons. The standard InChI is InChI=1S/C15H10Cl3F3N2O3S/c1-7(23-14(24)12-9(16)3-2-4-10(12)17)13-11(18)5-8(6-22-13)27(25,26)15(19,20)21/h2-7H,1H3,(H,23,24). The molecule has 27 heavy (non-hydrogen) atoms. The van der Waals surface area contributed by atoms with Gasteiger partial charge in [-0.2, -0.15) is 13.2 Å². The van der Waals surface area contributed by atoms with Crippen LogP contribution in [0.3, 0.4) is 0 Å². The predicted molar refractivity (Wildman–Crippen MR) is 94.8 cm³/mol. The highest BCUT2D eigenvalue weighted by molar-refractivity contribution is 7.92. The molecular formula is C15H10Cl3F3N2O3S. The van der Waals surface area contributed by atoms with E-state index in [2.05, 4.69) is 10.3 Å². The molecule has 146 valence electrons. The van der Waals surface area contributed by atoms with Gasteiger partial charge in [0.05, 0.1) is 37.3 Å². The minimum Gasteiger partial charge on any atom is -0.344 e. The molecule has 2 aromatic rings. The second-order valence-electron chi connectivity index (χ2n) is 5.28. The summed E-state index contributed by atoms with van der Waals surface area (Å²) < 4.78 is 60.6. The molecule has 0 saturated heterocycles. The lowest BCUT2D eigenvalue weighted by molar-refractivity contribution is -0.0436. The lowest BCUT2D eigenvalue weighted by atomic mass is 10.1. The van der Waals surface area contributed by atoms with E-state index in [0.29, 0.717) is 12.3 Å². The van der Waals surface area contributed by atoms with Crippen molar-refractivity contribution in [3.63, 3.8) is 0 Å². The Kier molecular flexibility index (Phi) is 6.30. The highest BCUT2D eigenvalue weighted by Crippen LogP contribution is 2.33. The molecule has 1 aromatic heterocycles. The molecule has 0 bridgehead atoms. The fraction of sp³-hybridized carbons (Fsp3) is 0.200. The van der Waals surface area contributed by atoms with Gasteiger partial charge in [-0.25, -0.2) is 8.42 Å². The second-order valence-corrected chi connectivity index (χ2v) is 8.44. The van der Waals surface area contributed by atoms with Gasteiger partial charge in [0, 0.05) is 6.20 Å². The maximum Gasteiger partial charge on any atom is 0.501 e. The SMILES string of the molecule is CC(NC(=O)c1c(Cl)cccc1Cl)c1ncc(S(=O)(=O)C(F)(F)F)cc1Cl. The van der Waals surface area contributed by atoms with Crippen molar-refractivity contribution in [2.24, 2.45) is 0 Å². The number of amides is 1. The molecule has 0 spiro atoms. The number of hydrogen-bond acceptors (Lipinski definition) is 4. The molecule has 1 N–H and O–H groups in total. The molecular weight excluding hydrogens is 452 g/mol. The summed E-state index contributed by atoms with van der Waals surface area (Å²) >= 11 is 17.8. The van der Waals surface area contributed by atoms with Gasteiger partial charge >= 0.3 is 5.51 Å². The topological polar surface area (TPSA) is 76.1 Å². The van der Waals surface area contributed by atoms with E-state index in [1.54, 1.807) is 6.07 Å². The molecule has 1 heterocycles. The summed E-state index contributed by atoms with van der Waals surface area (Å²) in [6, 6.07) is 4.20. The molecule has 5 nitrogen and oxygen atoms in total. The number of nitrogens with one attached hydrogen (secondary N) is 1. The Morgan fingerprint density at radius 3 is 2.19 bits per heavy atom. The van der Waals surface area contributed by atoms with Crippen molar-refractivity contribution in [1.29, 1.82) is 0 Å². The number of benzene rings is 1. The number of carbonyl (C=O) groups is 1. The number of nitrogens with zero attached hydrogens (tertiary/aromatic N) is 1. The van der Waals surface area contributed by atoms with Gasteiger partial charge in [-0.15, -0.1) is 0 Å². The van der Waals surface area contributed by atoms with Crippen molar-refractivity contribution >= 4 is 50.5 Å². The van der Waals surface area contributed by atoms with Crippen LogP contribution >= 0.6 is 34.8 Å². The van der Waals surface area contributed by atoms with E-state index in [-0.39, 0.29) is 26.3 Å². The van der Waals surface area contributed by atoms with E-state index in [0.717, 1.165) is 0 Å². The number of halogens is 6. The molecule has 1 aromatic carbocycles. The molecule has 1 unspecified atom stereocenters. The molecule has 0 aliphatic carbocycles. The predicted octanol–water partition coefficient (Wildman–Crippen LogP) is 4.83. The zero-order valence-corrected chi connectivity index (χ0v) is 16.4. The second kappa shape index (κ2) is 7.83. The first kappa shape index (κ1) is 21.7. The fourth-order valence-corrected chi connectivity index (χ4v) is 3.78. The van der Waals surface area contributed by atoms with Crippen LogP contribution in [-0.4, -0.2) is 24.8 Å². The zero-order chi connectivity index (χ0) is 20.6. The summed E-state index contributed by atoms with van der Waals surface area (Å²) in [4.78, 5) is 14.9. The van der Waals surface area contributed by atoms with Crippen LogP contribution in [0.15, 0.2) is 35.4 Å². The summed E-state index contributed by atoms with van der Waals surface area (Å²) in [6.45, 7) is 1.45. The van der Waals surface area contributed by atoms with Crippen molar-refractivity contribution in [2.45, 2.75) is 23.4 Å². The highest BCUT2D eigenvalue weighted by Gasteiger charge is 2.47. The summed E-state index contributed by atoms with van der Waals surface area (Å²) in [5.74, 6) is -0.664. The average molecular weight is 462 g/mol. The number of carbonyl (C=O) groups excluding carboxylic acids is 1. The molecule has 0 aliphatic heterocycles. The molecule has 12 heteroatoms. The monoisotopic (exact) mass is 460 g/mol. The number of rotatable bonds is 4. The quantitative estimate of drug-likeness (QED) is 0.708. The van der Waals surface area contributed by atoms with Gasteiger partial charge in [0.1, 0.15) is 0 Å². The third kappa shape index (κ3) is 4.48. The van der Waals surface area contributed by atoms with Gasteiger partial charge in [0.15, 0.2) is 0 Å². The van der Waals surface area contributed by atoms with Crippen LogP contribution < -0.4 is 5.32 Å². The Morgan fingerprint density at radius 2 is 1.70 bits per heavy atom. The van der Waals surface area contributed by atoms with Crippen LogP contribution in [0.5, 0.6) is 0 Å². The van der Waals surface area contributed by atoms with Crippen LogP contribution in [0.25, 0.3) is 0 Å². The summed E-state index contributed by atoms with van der Waals surface area (Å²) in [5, 5.41) is 2.32. The summed E-state index contributed by atoms with van der Waals surface area (Å²) in [5.41, 5.74) is -5.52. The van der Waals surface area contributed by atoms with Crippen molar-refractivity contribution in [2.75, 3.05) is 0 Å². The van der Waals surface area contributed by atoms with E-state index < -0.39 is 32.2 Å². The largest absolute Gasteiger partial charge is 0.501 e. The van der Waals surface area contributed by atoms with Crippen LogP contribution in [0.1, 0.15) is 29.0 Å². The normalized spacial score (nSPS) is 13.3. The van der Waals surface area contributed by atoms with Crippen molar-refractivity contribution in [3.8, 4) is 0 Å². The molecule has 0 saturated carbocycles. The maximum absolute atomic E-state index is 12.6. The number of hydrogen-bond donors (Lipinski definition) is 1. The average Bonchev–Trinajstić information content (AvgIpc) is 2.53. The summed E-state index contributed by atoms with van der Waals surface area (Å²) in [6.07, 6.45) is 0.523. The fourth-order valence-electron chi connectivity index (χ4n) is 2.08. The number of alkyl halides is 3. The molecule has 1 amide bonds. The van der Waals surface area contributed by atoms with Crippen LogP contribution in [0.2, 0.25) is 15.1 Å².